The SMILES string of the molecule is CCc1ccc(N(c2ccc3ccc4c(N(c5ccc(C)cc5)c5cccc6c5oc5c(C)cccc56)ccc5ccc2c3c54)c2cccc3c2oc2c(C)cccc23)cc1. The summed E-state index contributed by atoms with van der Waals surface area (Å²) in [6.07, 6.45) is 0.976. The Hall–Kier alpha value is -7.56. The van der Waals surface area contributed by atoms with Gasteiger partial charge in [0.1, 0.15) is 11.2 Å². The second-order valence-electron chi connectivity index (χ2n) is 16.5. The quantitative estimate of drug-likeness (QED) is 0.151. The lowest BCUT2D eigenvalue weighted by molar-refractivity contribution is 0.665. The largest absolute Gasteiger partial charge is 0.454 e. The molecule has 0 spiro atoms. The summed E-state index contributed by atoms with van der Waals surface area (Å²) < 4.78 is 13.7. The Bertz CT molecular complexity index is 3670. The maximum atomic E-state index is 6.84. The molecule has 0 fully saturated rings. The summed E-state index contributed by atoms with van der Waals surface area (Å²) in [5, 5.41) is 11.7. The van der Waals surface area contributed by atoms with E-state index < -0.39 is 0 Å². The minimum absolute atomic E-state index is 0.875. The number of aryl methyl sites for hydroxylation is 4. The number of nitrogens with zero attached hydrogens (tertiary/aromatic N) is 2. The second kappa shape index (κ2) is 13.5. The van der Waals surface area contributed by atoms with Crippen molar-refractivity contribution in [1.82, 2.24) is 0 Å². The topological polar surface area (TPSA) is 32.8 Å². The summed E-state index contributed by atoms with van der Waals surface area (Å²) >= 11 is 0. The van der Waals surface area contributed by atoms with Crippen molar-refractivity contribution in [2.24, 2.45) is 0 Å². The predicted octanol–water partition coefficient (Wildman–Crippen LogP) is 16.8. The fourth-order valence-corrected chi connectivity index (χ4v) is 9.80. The summed E-state index contributed by atoms with van der Waals surface area (Å²) in [5.41, 5.74) is 14.7. The Balaban J connectivity index is 1.13. The van der Waals surface area contributed by atoms with Gasteiger partial charge in [-0.05, 0) is 114 Å². The van der Waals surface area contributed by atoms with E-state index in [-0.39, 0.29) is 0 Å². The van der Waals surface area contributed by atoms with E-state index in [4.69, 9.17) is 8.83 Å². The molecule has 0 aliphatic rings. The molecule has 0 aliphatic heterocycles. The van der Waals surface area contributed by atoms with Gasteiger partial charge in [0.25, 0.3) is 0 Å². The molecule has 61 heavy (non-hydrogen) atoms. The minimum Gasteiger partial charge on any atom is -0.454 e. The van der Waals surface area contributed by atoms with Gasteiger partial charge in [-0.2, -0.15) is 0 Å². The highest BCUT2D eigenvalue weighted by molar-refractivity contribution is 6.28. The standard InChI is InChI=1S/C57H42N2O2/c1-5-37-20-28-41(29-21-37)59(51-17-9-15-45-43-13-7-11-36(4)55(43)61-57(45)51)49-33-25-39-22-30-46-48(32-24-38-23-31-47(49)53(39)52(38)46)58(40-26-18-34(2)19-27-40)50-16-8-14-44-42-12-6-10-35(3)54(42)60-56(44)50/h6-33H,5H2,1-4H3. The first-order valence-electron chi connectivity index (χ1n) is 21.2. The third-order valence-electron chi connectivity index (χ3n) is 12.9. The van der Waals surface area contributed by atoms with E-state index >= 15 is 0 Å². The molecule has 2 aromatic heterocycles. The van der Waals surface area contributed by atoms with Crippen LogP contribution < -0.4 is 9.80 Å². The van der Waals surface area contributed by atoms with Gasteiger partial charge in [0.05, 0.1) is 22.7 Å². The molecule has 0 amide bonds. The number of furan rings is 2. The summed E-state index contributed by atoms with van der Waals surface area (Å²) in [6, 6.07) is 62.0. The number of anilines is 6. The highest BCUT2D eigenvalue weighted by atomic mass is 16.3. The lowest BCUT2D eigenvalue weighted by Gasteiger charge is -2.29. The van der Waals surface area contributed by atoms with Crippen molar-refractivity contribution < 1.29 is 8.83 Å². The lowest BCUT2D eigenvalue weighted by Crippen LogP contribution is -2.12. The normalized spacial score (nSPS) is 12.0. The zero-order chi connectivity index (χ0) is 40.9. The van der Waals surface area contributed by atoms with E-state index in [1.165, 1.54) is 43.4 Å². The minimum atomic E-state index is 0.875. The number of rotatable bonds is 7. The summed E-state index contributed by atoms with van der Waals surface area (Å²) in [7, 11) is 0. The van der Waals surface area contributed by atoms with Crippen molar-refractivity contribution in [2.45, 2.75) is 34.1 Å². The third kappa shape index (κ3) is 5.31. The Kier molecular flexibility index (Phi) is 7.82. The van der Waals surface area contributed by atoms with Crippen LogP contribution in [0.3, 0.4) is 0 Å². The molecule has 0 aliphatic carbocycles. The van der Waals surface area contributed by atoms with Crippen molar-refractivity contribution in [1.29, 1.82) is 0 Å². The Morgan fingerprint density at radius 2 is 0.770 bits per heavy atom. The van der Waals surface area contributed by atoms with Crippen LogP contribution in [0.1, 0.15) is 29.2 Å². The van der Waals surface area contributed by atoms with Crippen molar-refractivity contribution in [3.63, 3.8) is 0 Å². The maximum Gasteiger partial charge on any atom is 0.159 e. The van der Waals surface area contributed by atoms with Gasteiger partial charge < -0.3 is 18.6 Å². The molecule has 0 bridgehead atoms. The van der Waals surface area contributed by atoms with Gasteiger partial charge in [-0.25, -0.2) is 0 Å². The fraction of sp³-hybridized carbons (Fsp3) is 0.0877. The van der Waals surface area contributed by atoms with Gasteiger partial charge in [0, 0.05) is 43.7 Å². The van der Waals surface area contributed by atoms with Crippen LogP contribution in [-0.4, -0.2) is 0 Å². The van der Waals surface area contributed by atoms with Crippen LogP contribution >= 0.6 is 0 Å². The highest BCUT2D eigenvalue weighted by Crippen LogP contribution is 2.50. The van der Waals surface area contributed by atoms with Gasteiger partial charge in [-0.15, -0.1) is 0 Å². The summed E-state index contributed by atoms with van der Waals surface area (Å²) in [6.45, 7) is 8.59. The van der Waals surface area contributed by atoms with Crippen molar-refractivity contribution in [2.75, 3.05) is 9.80 Å². The molecule has 0 radical (unpaired) electrons. The van der Waals surface area contributed by atoms with Crippen LogP contribution in [0.4, 0.5) is 34.1 Å². The Morgan fingerprint density at radius 1 is 0.361 bits per heavy atom. The van der Waals surface area contributed by atoms with Crippen LogP contribution in [-0.2, 0) is 6.42 Å². The van der Waals surface area contributed by atoms with Gasteiger partial charge >= 0.3 is 0 Å². The molecule has 0 saturated carbocycles. The van der Waals surface area contributed by atoms with E-state index in [0.717, 1.165) is 95.5 Å². The van der Waals surface area contributed by atoms with Gasteiger partial charge in [-0.1, -0.05) is 134 Å². The Morgan fingerprint density at radius 3 is 1.23 bits per heavy atom. The highest BCUT2D eigenvalue weighted by Gasteiger charge is 2.26. The molecular weight excluding hydrogens is 745 g/mol. The number of para-hydroxylation sites is 4. The third-order valence-corrected chi connectivity index (χ3v) is 12.9. The first kappa shape index (κ1) is 35.4. The number of benzene rings is 10. The smallest absolute Gasteiger partial charge is 0.159 e. The van der Waals surface area contributed by atoms with E-state index in [1.807, 2.05) is 0 Å². The average molecular weight is 787 g/mol. The molecule has 12 aromatic rings. The monoisotopic (exact) mass is 786 g/mol. The lowest BCUT2D eigenvalue weighted by atomic mass is 9.91. The Labute approximate surface area is 353 Å². The van der Waals surface area contributed by atoms with Gasteiger partial charge in [0.15, 0.2) is 11.2 Å². The van der Waals surface area contributed by atoms with Gasteiger partial charge in [-0.3, -0.25) is 0 Å². The van der Waals surface area contributed by atoms with Crippen LogP contribution in [0, 0.1) is 20.8 Å². The first-order valence-corrected chi connectivity index (χ1v) is 21.2. The molecule has 0 N–H and O–H groups in total. The maximum absolute atomic E-state index is 6.84. The van der Waals surface area contributed by atoms with Crippen LogP contribution in [0.5, 0.6) is 0 Å². The molecule has 0 unspecified atom stereocenters. The van der Waals surface area contributed by atoms with Crippen LogP contribution in [0.2, 0.25) is 0 Å². The first-order chi connectivity index (χ1) is 29.9. The van der Waals surface area contributed by atoms with Crippen LogP contribution in [0.25, 0.3) is 76.2 Å². The van der Waals surface area contributed by atoms with Crippen molar-refractivity contribution >= 4 is 110 Å². The average Bonchev–Trinajstić information content (AvgIpc) is 3.89. The van der Waals surface area contributed by atoms with Crippen LogP contribution in [0.15, 0.2) is 179 Å². The van der Waals surface area contributed by atoms with E-state index in [2.05, 4.69) is 207 Å². The van der Waals surface area contributed by atoms with E-state index in [1.54, 1.807) is 0 Å². The number of hydrogen-bond acceptors (Lipinski definition) is 4. The van der Waals surface area contributed by atoms with Crippen molar-refractivity contribution in [3.8, 4) is 0 Å². The molecule has 4 nitrogen and oxygen atoms in total. The number of fused-ring (bicyclic) bond motifs is 6. The molecule has 0 atom stereocenters. The van der Waals surface area contributed by atoms with Crippen molar-refractivity contribution in [3.05, 3.63) is 192 Å². The number of hydrogen-bond donors (Lipinski definition) is 0. The molecular formula is C57H42N2O2. The molecule has 10 aromatic carbocycles. The summed E-state index contributed by atoms with van der Waals surface area (Å²) in [4.78, 5) is 4.79. The second-order valence-corrected chi connectivity index (χ2v) is 16.5. The fourth-order valence-electron chi connectivity index (χ4n) is 9.80. The summed E-state index contributed by atoms with van der Waals surface area (Å²) in [5.74, 6) is 0. The molecule has 2 heterocycles. The van der Waals surface area contributed by atoms with E-state index in [0.29, 0.717) is 0 Å². The molecule has 4 heteroatoms. The van der Waals surface area contributed by atoms with Gasteiger partial charge in [0.2, 0.25) is 0 Å². The molecule has 12 rings (SSSR count). The zero-order valence-corrected chi connectivity index (χ0v) is 34.6. The zero-order valence-electron chi connectivity index (χ0n) is 34.6. The molecule has 292 valence electrons. The molecule has 0 saturated heterocycles. The predicted molar refractivity (Wildman–Crippen MR) is 258 cm³/mol. The van der Waals surface area contributed by atoms with E-state index in [9.17, 15) is 0 Å².